The second kappa shape index (κ2) is 6.58. The molecule has 1 aromatic carbocycles. The Hall–Kier alpha value is -2.73. The number of phenols is 1. The van der Waals surface area contributed by atoms with Crippen LogP contribution < -0.4 is 0 Å². The van der Waals surface area contributed by atoms with Crippen molar-refractivity contribution in [2.75, 3.05) is 0 Å². The number of hydrogen-bond acceptors (Lipinski definition) is 5. The largest absolute Gasteiger partial charge is 0.508 e. The van der Waals surface area contributed by atoms with Crippen molar-refractivity contribution in [3.8, 4) is 17.0 Å². The predicted molar refractivity (Wildman–Crippen MR) is 85.8 cm³/mol. The van der Waals surface area contributed by atoms with Gasteiger partial charge in [0.05, 0.1) is 18.1 Å². The third kappa shape index (κ3) is 3.54. The van der Waals surface area contributed by atoms with Gasteiger partial charge in [-0.25, -0.2) is 15.0 Å². The maximum atomic E-state index is 9.82. The average Bonchev–Trinajstić information content (AvgIpc) is 2.90. The first-order valence-corrected chi connectivity index (χ1v) is 7.39. The Morgan fingerprint density at radius 2 is 2.00 bits per heavy atom. The van der Waals surface area contributed by atoms with Crippen molar-refractivity contribution in [2.45, 2.75) is 26.0 Å². The fourth-order valence-electron chi connectivity index (χ4n) is 2.55. The quantitative estimate of drug-likeness (QED) is 0.753. The number of hydrogen-bond donors (Lipinski definition) is 2. The minimum absolute atomic E-state index is 0.233. The highest BCUT2D eigenvalue weighted by Gasteiger charge is 2.15. The summed E-state index contributed by atoms with van der Waals surface area (Å²) in [5, 5.41) is 19.4. The SMILES string of the molecule is CC(O)Cc1c(-c2cncnc2)ncn1Cc1cccc(O)c1. The molecule has 0 aliphatic rings. The Bertz CT molecular complexity index is 784. The van der Waals surface area contributed by atoms with Crippen LogP contribution in [0.1, 0.15) is 18.2 Å². The number of aromatic hydroxyl groups is 1. The van der Waals surface area contributed by atoms with Crippen LogP contribution in [0.3, 0.4) is 0 Å². The summed E-state index contributed by atoms with van der Waals surface area (Å²) in [7, 11) is 0. The maximum absolute atomic E-state index is 9.82. The molecule has 0 radical (unpaired) electrons. The van der Waals surface area contributed by atoms with Gasteiger partial charge in [-0.15, -0.1) is 0 Å². The van der Waals surface area contributed by atoms with Gasteiger partial charge in [0, 0.05) is 36.6 Å². The number of nitrogens with zero attached hydrogens (tertiary/aromatic N) is 4. The van der Waals surface area contributed by atoms with Crippen molar-refractivity contribution in [3.05, 3.63) is 60.6 Å². The van der Waals surface area contributed by atoms with E-state index in [1.165, 1.54) is 6.33 Å². The summed E-state index contributed by atoms with van der Waals surface area (Å²) in [4.78, 5) is 12.5. The third-order valence-corrected chi connectivity index (χ3v) is 3.53. The van der Waals surface area contributed by atoms with Gasteiger partial charge >= 0.3 is 0 Å². The molecule has 2 heterocycles. The molecule has 0 spiro atoms. The summed E-state index contributed by atoms with van der Waals surface area (Å²) >= 11 is 0. The highest BCUT2D eigenvalue weighted by Crippen LogP contribution is 2.23. The Kier molecular flexibility index (Phi) is 4.34. The Morgan fingerprint density at radius 3 is 2.70 bits per heavy atom. The van der Waals surface area contributed by atoms with Gasteiger partial charge in [0.1, 0.15) is 12.1 Å². The lowest BCUT2D eigenvalue weighted by atomic mass is 10.1. The molecule has 6 nitrogen and oxygen atoms in total. The number of aromatic nitrogens is 4. The van der Waals surface area contributed by atoms with Crippen molar-refractivity contribution in [2.24, 2.45) is 0 Å². The normalized spacial score (nSPS) is 12.3. The number of aliphatic hydroxyl groups is 1. The van der Waals surface area contributed by atoms with Gasteiger partial charge in [0.25, 0.3) is 0 Å². The molecule has 3 rings (SSSR count). The number of benzene rings is 1. The van der Waals surface area contributed by atoms with Crippen molar-refractivity contribution in [1.82, 2.24) is 19.5 Å². The molecule has 23 heavy (non-hydrogen) atoms. The maximum Gasteiger partial charge on any atom is 0.115 e. The second-order valence-corrected chi connectivity index (χ2v) is 5.52. The van der Waals surface area contributed by atoms with E-state index in [-0.39, 0.29) is 5.75 Å². The molecule has 0 bridgehead atoms. The lowest BCUT2D eigenvalue weighted by Crippen LogP contribution is -2.11. The van der Waals surface area contributed by atoms with Crippen molar-refractivity contribution in [3.63, 3.8) is 0 Å². The molecule has 118 valence electrons. The highest BCUT2D eigenvalue weighted by atomic mass is 16.3. The van der Waals surface area contributed by atoms with E-state index in [0.29, 0.717) is 13.0 Å². The van der Waals surface area contributed by atoms with E-state index in [4.69, 9.17) is 0 Å². The molecule has 2 aromatic heterocycles. The fraction of sp³-hybridized carbons (Fsp3) is 0.235. The van der Waals surface area contributed by atoms with E-state index < -0.39 is 6.10 Å². The van der Waals surface area contributed by atoms with Crippen LogP contribution in [0.5, 0.6) is 5.75 Å². The van der Waals surface area contributed by atoms with E-state index >= 15 is 0 Å². The molecule has 0 aliphatic heterocycles. The van der Waals surface area contributed by atoms with Crippen LogP contribution in [0, 0.1) is 0 Å². The average molecular weight is 310 g/mol. The lowest BCUT2D eigenvalue weighted by Gasteiger charge is -2.12. The van der Waals surface area contributed by atoms with E-state index in [9.17, 15) is 10.2 Å². The smallest absolute Gasteiger partial charge is 0.115 e. The molecule has 1 atom stereocenters. The molecule has 0 saturated carbocycles. The minimum atomic E-state index is -0.488. The molecule has 6 heteroatoms. The Morgan fingerprint density at radius 1 is 1.22 bits per heavy atom. The summed E-state index contributed by atoms with van der Waals surface area (Å²) in [5.41, 5.74) is 3.47. The molecule has 2 N–H and O–H groups in total. The van der Waals surface area contributed by atoms with Crippen LogP contribution in [-0.2, 0) is 13.0 Å². The summed E-state index contributed by atoms with van der Waals surface area (Å²) in [6, 6.07) is 7.11. The van der Waals surface area contributed by atoms with Gasteiger partial charge in [0.15, 0.2) is 0 Å². The summed E-state index contributed by atoms with van der Waals surface area (Å²) in [6.07, 6.45) is 6.62. The Labute approximate surface area is 134 Å². The number of phenolic OH excluding ortho intramolecular Hbond substituents is 1. The Balaban J connectivity index is 1.98. The number of imidazole rings is 1. The summed E-state index contributed by atoms with van der Waals surface area (Å²) < 4.78 is 1.98. The monoisotopic (exact) mass is 310 g/mol. The topological polar surface area (TPSA) is 84.1 Å². The first-order valence-electron chi connectivity index (χ1n) is 7.39. The molecule has 0 fully saturated rings. The van der Waals surface area contributed by atoms with E-state index in [1.54, 1.807) is 37.8 Å². The van der Waals surface area contributed by atoms with E-state index in [0.717, 1.165) is 22.5 Å². The predicted octanol–water partition coefficient (Wildman–Crippen LogP) is 2.02. The zero-order chi connectivity index (χ0) is 16.2. The van der Waals surface area contributed by atoms with Gasteiger partial charge in [-0.3, -0.25) is 0 Å². The van der Waals surface area contributed by atoms with E-state index in [1.807, 2.05) is 16.7 Å². The fourth-order valence-corrected chi connectivity index (χ4v) is 2.55. The molecule has 1 unspecified atom stereocenters. The molecule has 3 aromatic rings. The molecule has 0 aliphatic carbocycles. The van der Waals surface area contributed by atoms with Crippen LogP contribution in [0.2, 0.25) is 0 Å². The van der Waals surface area contributed by atoms with Gasteiger partial charge in [0.2, 0.25) is 0 Å². The van der Waals surface area contributed by atoms with Crippen molar-refractivity contribution in [1.29, 1.82) is 0 Å². The van der Waals surface area contributed by atoms with Crippen LogP contribution >= 0.6 is 0 Å². The zero-order valence-corrected chi connectivity index (χ0v) is 12.8. The number of rotatable bonds is 5. The standard InChI is InChI=1S/C17H18N4O2/c1-12(22)5-16-17(14-7-18-10-19-8-14)20-11-21(16)9-13-3-2-4-15(23)6-13/h2-4,6-8,10-12,22-23H,5,9H2,1H3. The second-order valence-electron chi connectivity index (χ2n) is 5.52. The summed E-state index contributed by atoms with van der Waals surface area (Å²) in [6.45, 7) is 2.31. The first-order chi connectivity index (χ1) is 11.1. The third-order valence-electron chi connectivity index (χ3n) is 3.53. The van der Waals surface area contributed by atoms with Gasteiger partial charge in [-0.05, 0) is 24.6 Å². The molecule has 0 amide bonds. The molecule has 0 saturated heterocycles. The molecular formula is C17H18N4O2. The first kappa shape index (κ1) is 15.2. The molecular weight excluding hydrogens is 292 g/mol. The van der Waals surface area contributed by atoms with Gasteiger partial charge in [-0.2, -0.15) is 0 Å². The van der Waals surface area contributed by atoms with Gasteiger partial charge in [-0.1, -0.05) is 12.1 Å². The van der Waals surface area contributed by atoms with Crippen molar-refractivity contribution < 1.29 is 10.2 Å². The highest BCUT2D eigenvalue weighted by molar-refractivity contribution is 5.60. The zero-order valence-electron chi connectivity index (χ0n) is 12.8. The van der Waals surface area contributed by atoms with Crippen LogP contribution in [0.4, 0.5) is 0 Å². The summed E-state index contributed by atoms with van der Waals surface area (Å²) in [5.74, 6) is 0.233. The lowest BCUT2D eigenvalue weighted by molar-refractivity contribution is 0.193. The minimum Gasteiger partial charge on any atom is -0.508 e. The van der Waals surface area contributed by atoms with E-state index in [2.05, 4.69) is 15.0 Å². The van der Waals surface area contributed by atoms with Crippen LogP contribution in [0.15, 0.2) is 49.3 Å². The van der Waals surface area contributed by atoms with Gasteiger partial charge < -0.3 is 14.8 Å². The van der Waals surface area contributed by atoms with Crippen LogP contribution in [0.25, 0.3) is 11.3 Å². The van der Waals surface area contributed by atoms with Crippen molar-refractivity contribution >= 4 is 0 Å². The number of aliphatic hydroxyl groups excluding tert-OH is 1. The van der Waals surface area contributed by atoms with Crippen LogP contribution in [-0.4, -0.2) is 35.8 Å².